The third-order valence-electron chi connectivity index (χ3n) is 12.4. The van der Waals surface area contributed by atoms with E-state index in [1.807, 2.05) is 20.8 Å². The van der Waals surface area contributed by atoms with Gasteiger partial charge in [-0.25, -0.2) is 0 Å². The Hall–Kier alpha value is -0.790. The molecule has 0 aromatic rings. The van der Waals surface area contributed by atoms with Crippen molar-refractivity contribution < 1.29 is 9.53 Å². The highest BCUT2D eigenvalue weighted by Crippen LogP contribution is 2.81. The van der Waals surface area contributed by atoms with Crippen LogP contribution in [0.4, 0.5) is 0 Å². The Morgan fingerprint density at radius 1 is 0.700 bits per heavy atom. The van der Waals surface area contributed by atoms with Crippen molar-refractivity contribution in [2.75, 3.05) is 0 Å². The Morgan fingerprint density at radius 2 is 1.17 bits per heavy atom. The molecule has 2 nitrogen and oxygen atoms in total. The van der Waals surface area contributed by atoms with Gasteiger partial charge in [-0.3, -0.25) is 4.79 Å². The quantitative estimate of drug-likeness (QED) is 0.330. The van der Waals surface area contributed by atoms with E-state index in [-0.39, 0.29) is 17.5 Å². The lowest BCUT2D eigenvalue weighted by Crippen LogP contribution is -2.49. The number of fused-ring (bicyclic) bond motifs is 23. The largest absolute Gasteiger partial charge is 0.460 e. The van der Waals surface area contributed by atoms with Crippen LogP contribution >= 0.6 is 0 Å². The highest BCUT2D eigenvalue weighted by atomic mass is 16.6. The number of hydrogen-bond donors (Lipinski definition) is 0. The van der Waals surface area contributed by atoms with E-state index in [4.69, 9.17) is 4.74 Å². The topological polar surface area (TPSA) is 26.3 Å². The molecule has 0 saturated heterocycles. The molecule has 0 spiro atoms. The third-order valence-corrected chi connectivity index (χ3v) is 12.4. The summed E-state index contributed by atoms with van der Waals surface area (Å²) in [5.41, 5.74) is -0.354. The van der Waals surface area contributed by atoms with Crippen LogP contribution in [0.2, 0.25) is 0 Å². The molecule has 0 aliphatic heterocycles. The molecule has 8 aliphatic rings. The Labute approximate surface area is 181 Å². The van der Waals surface area contributed by atoms with Gasteiger partial charge in [-0.15, -0.1) is 0 Å². The summed E-state index contributed by atoms with van der Waals surface area (Å²) in [6, 6.07) is 0. The van der Waals surface area contributed by atoms with Crippen LogP contribution in [-0.2, 0) is 9.53 Å². The van der Waals surface area contributed by atoms with Gasteiger partial charge in [-0.2, -0.15) is 0 Å². The zero-order chi connectivity index (χ0) is 20.3. The summed E-state index contributed by atoms with van der Waals surface area (Å²) < 4.78 is 5.95. The second kappa shape index (κ2) is 5.23. The summed E-state index contributed by atoms with van der Waals surface area (Å²) in [4.78, 5) is 13.2. The molecule has 16 atom stereocenters. The molecule has 0 N–H and O–H groups in total. The van der Waals surface area contributed by atoms with Crippen molar-refractivity contribution in [2.45, 2.75) is 59.0 Å². The molecule has 162 valence electrons. The lowest BCUT2D eigenvalue weighted by atomic mass is 9.53. The SMILES string of the molecule is CC1C2CC(C1C(=O)OC(C)(C)C)C1C3CC(C21)C1C2CC(C4C5C=CC(C5)C24)C31. The number of allylic oxidation sites excluding steroid dienone is 2. The Morgan fingerprint density at radius 3 is 1.73 bits per heavy atom. The molecule has 8 bridgehead atoms. The molecular weight excluding hydrogens is 368 g/mol. The monoisotopic (exact) mass is 406 g/mol. The molecule has 7 fully saturated rings. The van der Waals surface area contributed by atoms with Crippen molar-refractivity contribution in [2.24, 2.45) is 94.7 Å². The Bertz CT molecular complexity index is 851. The number of ether oxygens (including phenoxy) is 1. The van der Waals surface area contributed by atoms with Gasteiger partial charge in [-0.1, -0.05) is 19.1 Å². The van der Waals surface area contributed by atoms with Gasteiger partial charge >= 0.3 is 5.97 Å². The van der Waals surface area contributed by atoms with Crippen LogP contribution in [0.1, 0.15) is 53.4 Å². The second-order valence-electron chi connectivity index (χ2n) is 14.0. The fourth-order valence-corrected chi connectivity index (χ4v) is 12.6. The maximum atomic E-state index is 13.2. The number of hydrogen-bond acceptors (Lipinski definition) is 2. The maximum absolute atomic E-state index is 13.2. The van der Waals surface area contributed by atoms with Crippen LogP contribution < -0.4 is 0 Å². The summed E-state index contributed by atoms with van der Waals surface area (Å²) in [6.07, 6.45) is 11.2. The van der Waals surface area contributed by atoms with Crippen LogP contribution in [0.3, 0.4) is 0 Å². The lowest BCUT2D eigenvalue weighted by molar-refractivity contribution is -0.167. The molecule has 0 amide bonds. The average Bonchev–Trinajstić information content (AvgIpc) is 3.50. The van der Waals surface area contributed by atoms with Crippen LogP contribution in [0, 0.1) is 94.7 Å². The first-order valence-electron chi connectivity index (χ1n) is 13.2. The minimum Gasteiger partial charge on any atom is -0.460 e. The molecule has 8 rings (SSSR count). The van der Waals surface area contributed by atoms with Crippen LogP contribution in [0.5, 0.6) is 0 Å². The standard InChI is InChI=1S/C28H38O2/c1-11-14-8-15(20(11)27(29)30-28(2,3)4)24-19-10-18(23(14)24)25-16-9-17(26(19)25)22-13-6-5-12(7-13)21(16)22/h5-6,11-26H,7-10H2,1-4H3. The van der Waals surface area contributed by atoms with Crippen molar-refractivity contribution in [3.8, 4) is 0 Å². The maximum Gasteiger partial charge on any atom is 0.310 e. The predicted molar refractivity (Wildman–Crippen MR) is 115 cm³/mol. The molecule has 0 aromatic carbocycles. The second-order valence-corrected chi connectivity index (χ2v) is 14.0. The van der Waals surface area contributed by atoms with Crippen LogP contribution in [0.25, 0.3) is 0 Å². The molecule has 2 heteroatoms. The minimum atomic E-state index is -0.354. The van der Waals surface area contributed by atoms with E-state index in [2.05, 4.69) is 19.1 Å². The molecule has 7 saturated carbocycles. The van der Waals surface area contributed by atoms with Crippen LogP contribution in [0.15, 0.2) is 12.2 Å². The van der Waals surface area contributed by atoms with Crippen molar-refractivity contribution in [1.29, 1.82) is 0 Å². The van der Waals surface area contributed by atoms with Gasteiger partial charge in [0, 0.05) is 0 Å². The van der Waals surface area contributed by atoms with Crippen molar-refractivity contribution >= 4 is 5.97 Å². The zero-order valence-electron chi connectivity index (χ0n) is 19.0. The summed E-state index contributed by atoms with van der Waals surface area (Å²) in [5.74, 6) is 14.3. The normalized spacial score (nSPS) is 64.8. The lowest BCUT2D eigenvalue weighted by Gasteiger charge is -2.51. The first kappa shape index (κ1) is 17.7. The van der Waals surface area contributed by atoms with E-state index >= 15 is 0 Å². The van der Waals surface area contributed by atoms with Gasteiger partial charge < -0.3 is 4.74 Å². The van der Waals surface area contributed by atoms with Crippen molar-refractivity contribution in [3.63, 3.8) is 0 Å². The number of rotatable bonds is 1. The molecule has 0 radical (unpaired) electrons. The van der Waals surface area contributed by atoms with Gasteiger partial charge in [0.2, 0.25) is 0 Å². The van der Waals surface area contributed by atoms with Crippen molar-refractivity contribution in [1.82, 2.24) is 0 Å². The van der Waals surface area contributed by atoms with Gasteiger partial charge in [0.1, 0.15) is 5.60 Å². The van der Waals surface area contributed by atoms with E-state index in [0.29, 0.717) is 11.8 Å². The molecule has 16 unspecified atom stereocenters. The fraction of sp³-hybridized carbons (Fsp3) is 0.893. The van der Waals surface area contributed by atoms with Gasteiger partial charge in [0.25, 0.3) is 0 Å². The first-order chi connectivity index (χ1) is 14.3. The Kier molecular flexibility index (Phi) is 3.09. The number of carbonyl (C=O) groups is 1. The number of carbonyl (C=O) groups excluding carboxylic acids is 1. The first-order valence-corrected chi connectivity index (χ1v) is 13.2. The van der Waals surface area contributed by atoms with Gasteiger partial charge in [0.05, 0.1) is 5.92 Å². The molecule has 8 aliphatic carbocycles. The van der Waals surface area contributed by atoms with E-state index in [9.17, 15) is 4.79 Å². The van der Waals surface area contributed by atoms with Gasteiger partial charge in [-0.05, 0) is 135 Å². The highest BCUT2D eigenvalue weighted by molar-refractivity contribution is 5.74. The summed E-state index contributed by atoms with van der Waals surface area (Å²) in [7, 11) is 0. The minimum absolute atomic E-state index is 0.131. The Balaban J connectivity index is 1.12. The summed E-state index contributed by atoms with van der Waals surface area (Å²) >= 11 is 0. The highest BCUT2D eigenvalue weighted by Gasteiger charge is 2.77. The average molecular weight is 407 g/mol. The fourth-order valence-electron chi connectivity index (χ4n) is 12.6. The smallest absolute Gasteiger partial charge is 0.310 e. The van der Waals surface area contributed by atoms with E-state index in [1.165, 1.54) is 19.3 Å². The predicted octanol–water partition coefficient (Wildman–Crippen LogP) is 5.43. The zero-order valence-corrected chi connectivity index (χ0v) is 19.0. The van der Waals surface area contributed by atoms with E-state index in [1.54, 1.807) is 6.42 Å². The van der Waals surface area contributed by atoms with Crippen molar-refractivity contribution in [3.05, 3.63) is 12.2 Å². The molecule has 0 heterocycles. The van der Waals surface area contributed by atoms with Gasteiger partial charge in [0.15, 0.2) is 0 Å². The van der Waals surface area contributed by atoms with Crippen LogP contribution in [-0.4, -0.2) is 11.6 Å². The number of esters is 1. The third kappa shape index (κ3) is 1.82. The summed E-state index contributed by atoms with van der Waals surface area (Å²) in [6.45, 7) is 8.49. The van der Waals surface area contributed by atoms with E-state index < -0.39 is 0 Å². The molecular formula is C28H38O2. The molecule has 30 heavy (non-hydrogen) atoms. The molecule has 0 aromatic heterocycles. The van der Waals surface area contributed by atoms with E-state index in [0.717, 1.165) is 76.9 Å². The summed E-state index contributed by atoms with van der Waals surface area (Å²) in [5, 5.41) is 0.